The highest BCUT2D eigenvalue weighted by Crippen LogP contribution is 2.26. The van der Waals surface area contributed by atoms with Gasteiger partial charge in [0.25, 0.3) is 0 Å². The number of carbonyl (C=O) groups excluding carboxylic acids is 2. The Labute approximate surface area is 139 Å². The molecule has 0 unspecified atom stereocenters. The molecule has 23 heavy (non-hydrogen) atoms. The molecule has 1 fully saturated rings. The van der Waals surface area contributed by atoms with E-state index in [-0.39, 0.29) is 23.9 Å². The van der Waals surface area contributed by atoms with Gasteiger partial charge in [-0.3, -0.25) is 0 Å². The van der Waals surface area contributed by atoms with Crippen LogP contribution >= 0.6 is 0 Å². The molecule has 0 aliphatic heterocycles. The SMILES string of the molecule is CC(C)(C)CC(=O)ON(C(=O)OC(C)(C)C)C1CCC(N)CC1. The Bertz CT molecular complexity index is 415. The van der Waals surface area contributed by atoms with Crippen molar-refractivity contribution in [3.05, 3.63) is 0 Å². The molecule has 0 radical (unpaired) electrons. The molecule has 0 spiro atoms. The third kappa shape index (κ3) is 7.68. The van der Waals surface area contributed by atoms with Gasteiger partial charge in [0, 0.05) is 6.04 Å². The molecule has 1 saturated carbocycles. The lowest BCUT2D eigenvalue weighted by molar-refractivity contribution is -0.198. The average Bonchev–Trinajstić information content (AvgIpc) is 2.33. The van der Waals surface area contributed by atoms with Crippen molar-refractivity contribution < 1.29 is 19.2 Å². The van der Waals surface area contributed by atoms with E-state index in [2.05, 4.69) is 0 Å². The fraction of sp³-hybridized carbons (Fsp3) is 0.882. The zero-order valence-electron chi connectivity index (χ0n) is 15.3. The quantitative estimate of drug-likeness (QED) is 0.786. The van der Waals surface area contributed by atoms with Crippen LogP contribution in [0, 0.1) is 5.41 Å². The van der Waals surface area contributed by atoms with Crippen molar-refractivity contribution in [2.75, 3.05) is 0 Å². The Morgan fingerprint density at radius 3 is 2.00 bits per heavy atom. The van der Waals surface area contributed by atoms with Crippen LogP contribution in [0.5, 0.6) is 0 Å². The Morgan fingerprint density at radius 2 is 1.57 bits per heavy atom. The van der Waals surface area contributed by atoms with Gasteiger partial charge in [-0.2, -0.15) is 0 Å². The van der Waals surface area contributed by atoms with E-state index in [0.717, 1.165) is 17.9 Å². The van der Waals surface area contributed by atoms with E-state index in [1.807, 2.05) is 20.8 Å². The molecule has 0 saturated heterocycles. The summed E-state index contributed by atoms with van der Waals surface area (Å²) in [5.74, 6) is -0.418. The molecule has 1 rings (SSSR count). The van der Waals surface area contributed by atoms with Crippen LogP contribution in [0.4, 0.5) is 4.79 Å². The molecule has 6 nitrogen and oxygen atoms in total. The topological polar surface area (TPSA) is 81.9 Å². The molecular weight excluding hydrogens is 296 g/mol. The Balaban J connectivity index is 2.79. The average molecular weight is 328 g/mol. The summed E-state index contributed by atoms with van der Waals surface area (Å²) in [6.07, 6.45) is 2.66. The maximum atomic E-state index is 12.4. The third-order valence-corrected chi connectivity index (χ3v) is 3.52. The number of hydroxylamine groups is 2. The zero-order chi connectivity index (χ0) is 17.8. The van der Waals surface area contributed by atoms with Crippen LogP contribution in [-0.2, 0) is 14.4 Å². The van der Waals surface area contributed by atoms with Crippen molar-refractivity contribution in [2.45, 2.75) is 91.3 Å². The Hall–Kier alpha value is -1.30. The van der Waals surface area contributed by atoms with Crippen LogP contribution in [0.1, 0.15) is 73.6 Å². The van der Waals surface area contributed by atoms with E-state index < -0.39 is 17.7 Å². The van der Waals surface area contributed by atoms with Gasteiger partial charge in [0.05, 0.1) is 12.5 Å². The normalized spacial score (nSPS) is 22.4. The molecule has 1 amide bonds. The zero-order valence-corrected chi connectivity index (χ0v) is 15.3. The summed E-state index contributed by atoms with van der Waals surface area (Å²) >= 11 is 0. The second-order valence-corrected chi connectivity index (χ2v) is 8.58. The molecule has 0 atom stereocenters. The largest absolute Gasteiger partial charge is 0.444 e. The molecule has 0 aromatic heterocycles. The first-order valence-corrected chi connectivity index (χ1v) is 8.36. The Kier molecular flexibility index (Phi) is 6.45. The third-order valence-electron chi connectivity index (χ3n) is 3.52. The van der Waals surface area contributed by atoms with Gasteiger partial charge in [0.2, 0.25) is 0 Å². The van der Waals surface area contributed by atoms with Crippen LogP contribution in [0.2, 0.25) is 0 Å². The van der Waals surface area contributed by atoms with E-state index >= 15 is 0 Å². The minimum Gasteiger partial charge on any atom is -0.442 e. The summed E-state index contributed by atoms with van der Waals surface area (Å²) in [4.78, 5) is 30.0. The van der Waals surface area contributed by atoms with Crippen molar-refractivity contribution >= 4 is 12.1 Å². The monoisotopic (exact) mass is 328 g/mol. The predicted molar refractivity (Wildman–Crippen MR) is 88.5 cm³/mol. The van der Waals surface area contributed by atoms with Gasteiger partial charge in [-0.1, -0.05) is 20.8 Å². The van der Waals surface area contributed by atoms with Gasteiger partial charge in [-0.15, -0.1) is 5.06 Å². The second kappa shape index (κ2) is 7.51. The smallest absolute Gasteiger partial charge is 0.442 e. The highest BCUT2D eigenvalue weighted by Gasteiger charge is 2.34. The van der Waals surface area contributed by atoms with E-state index in [1.165, 1.54) is 0 Å². The van der Waals surface area contributed by atoms with E-state index in [4.69, 9.17) is 15.3 Å². The standard InChI is InChI=1S/C17H32N2O4/c1-16(2,3)11-14(20)23-19(15(21)22-17(4,5)6)13-9-7-12(18)8-10-13/h12-13H,7-11,18H2,1-6H3. The highest BCUT2D eigenvalue weighted by atomic mass is 16.8. The lowest BCUT2D eigenvalue weighted by atomic mass is 9.91. The van der Waals surface area contributed by atoms with E-state index in [1.54, 1.807) is 20.8 Å². The molecule has 0 heterocycles. The molecule has 134 valence electrons. The van der Waals surface area contributed by atoms with Gasteiger partial charge in [0.15, 0.2) is 0 Å². The summed E-state index contributed by atoms with van der Waals surface area (Å²) in [6.45, 7) is 11.2. The molecule has 2 N–H and O–H groups in total. The number of amides is 1. The maximum absolute atomic E-state index is 12.4. The fourth-order valence-electron chi connectivity index (χ4n) is 2.48. The van der Waals surface area contributed by atoms with Gasteiger partial charge < -0.3 is 15.3 Å². The number of rotatable bonds is 2. The van der Waals surface area contributed by atoms with Crippen molar-refractivity contribution in [2.24, 2.45) is 11.1 Å². The van der Waals surface area contributed by atoms with Crippen molar-refractivity contribution in [1.82, 2.24) is 5.06 Å². The number of hydrogen-bond donors (Lipinski definition) is 1. The van der Waals surface area contributed by atoms with Crippen LogP contribution in [0.15, 0.2) is 0 Å². The number of ether oxygens (including phenoxy) is 1. The van der Waals surface area contributed by atoms with Crippen LogP contribution in [-0.4, -0.2) is 34.8 Å². The molecule has 1 aliphatic carbocycles. The molecule has 0 bridgehead atoms. The fourth-order valence-corrected chi connectivity index (χ4v) is 2.48. The lowest BCUT2D eigenvalue weighted by Crippen LogP contribution is -2.47. The first-order chi connectivity index (χ1) is 10.4. The summed E-state index contributed by atoms with van der Waals surface area (Å²) in [5, 5.41) is 1.13. The highest BCUT2D eigenvalue weighted by molar-refractivity contribution is 5.74. The number of hydrogen-bond acceptors (Lipinski definition) is 5. The summed E-state index contributed by atoms with van der Waals surface area (Å²) in [7, 11) is 0. The minimum absolute atomic E-state index is 0.150. The first kappa shape index (κ1) is 19.7. The van der Waals surface area contributed by atoms with Crippen molar-refractivity contribution in [1.29, 1.82) is 0 Å². The van der Waals surface area contributed by atoms with Gasteiger partial charge in [-0.05, 0) is 51.9 Å². The molecule has 6 heteroatoms. The van der Waals surface area contributed by atoms with Gasteiger partial charge >= 0.3 is 12.1 Å². The number of nitrogens with zero attached hydrogens (tertiary/aromatic N) is 1. The van der Waals surface area contributed by atoms with E-state index in [9.17, 15) is 9.59 Å². The second-order valence-electron chi connectivity index (χ2n) is 8.58. The molecule has 0 aromatic carbocycles. The van der Waals surface area contributed by atoms with Gasteiger partial charge in [-0.25, -0.2) is 9.59 Å². The van der Waals surface area contributed by atoms with E-state index in [0.29, 0.717) is 12.8 Å². The maximum Gasteiger partial charge on any atom is 0.444 e. The number of carbonyl (C=O) groups is 2. The molecule has 0 aromatic rings. The molecular formula is C17H32N2O4. The lowest BCUT2D eigenvalue weighted by Gasteiger charge is -2.35. The van der Waals surface area contributed by atoms with Gasteiger partial charge in [0.1, 0.15) is 5.60 Å². The van der Waals surface area contributed by atoms with Crippen molar-refractivity contribution in [3.63, 3.8) is 0 Å². The number of nitrogens with two attached hydrogens (primary N) is 1. The van der Waals surface area contributed by atoms with Crippen molar-refractivity contribution in [3.8, 4) is 0 Å². The van der Waals surface area contributed by atoms with Crippen LogP contribution in [0.25, 0.3) is 0 Å². The minimum atomic E-state index is -0.642. The first-order valence-electron chi connectivity index (χ1n) is 8.36. The Morgan fingerprint density at radius 1 is 1.04 bits per heavy atom. The molecule has 1 aliphatic rings. The summed E-state index contributed by atoms with van der Waals surface area (Å²) in [5.41, 5.74) is 5.07. The predicted octanol–water partition coefficient (Wildman–Crippen LogP) is 3.39. The van der Waals surface area contributed by atoms with Crippen LogP contribution in [0.3, 0.4) is 0 Å². The summed E-state index contributed by atoms with van der Waals surface area (Å²) < 4.78 is 5.39. The summed E-state index contributed by atoms with van der Waals surface area (Å²) in [6, 6.07) is -0.0226. The van der Waals surface area contributed by atoms with Crippen LogP contribution < -0.4 is 5.73 Å².